The first-order chi connectivity index (χ1) is 10.9. The molecule has 3 rings (SSSR count). The normalized spacial score (nSPS) is 13.3. The molecule has 1 atom stereocenters. The van der Waals surface area contributed by atoms with Gasteiger partial charge in [0.25, 0.3) is 10.1 Å². The Morgan fingerprint density at radius 1 is 1.17 bits per heavy atom. The smallest absolute Gasteiger partial charge is 0.262 e. The molecule has 0 saturated heterocycles. The molecule has 6 heteroatoms. The largest absolute Gasteiger partial charge is 0.264 e. The molecule has 0 aliphatic carbocycles. The summed E-state index contributed by atoms with van der Waals surface area (Å²) >= 11 is 0. The van der Waals surface area contributed by atoms with Gasteiger partial charge in [-0.1, -0.05) is 42.5 Å². The minimum atomic E-state index is -3.49. The van der Waals surface area contributed by atoms with E-state index in [0.29, 0.717) is 6.54 Å². The van der Waals surface area contributed by atoms with Gasteiger partial charge in [0.2, 0.25) is 0 Å². The monoisotopic (exact) mass is 330 g/mol. The molecule has 0 saturated carbocycles. The van der Waals surface area contributed by atoms with Gasteiger partial charge in [-0.2, -0.15) is 13.5 Å². The van der Waals surface area contributed by atoms with E-state index in [2.05, 4.69) is 5.10 Å². The zero-order chi connectivity index (χ0) is 16.4. The Morgan fingerprint density at radius 3 is 2.61 bits per heavy atom. The van der Waals surface area contributed by atoms with E-state index in [4.69, 9.17) is 4.18 Å². The Bertz CT molecular complexity index is 917. The van der Waals surface area contributed by atoms with E-state index in [0.717, 1.165) is 28.3 Å². The minimum Gasteiger partial charge on any atom is -0.262 e. The van der Waals surface area contributed by atoms with Gasteiger partial charge in [-0.25, -0.2) is 0 Å². The number of fused-ring (bicyclic) bond motifs is 1. The van der Waals surface area contributed by atoms with Gasteiger partial charge in [0.05, 0.1) is 30.6 Å². The van der Waals surface area contributed by atoms with Crippen molar-refractivity contribution in [1.29, 1.82) is 0 Å². The molecular formula is C17H18N2O3S. The zero-order valence-electron chi connectivity index (χ0n) is 13.0. The number of benzene rings is 2. The van der Waals surface area contributed by atoms with Crippen molar-refractivity contribution in [3.05, 3.63) is 65.9 Å². The molecule has 120 valence electrons. The third kappa shape index (κ3) is 3.78. The Morgan fingerprint density at radius 2 is 1.91 bits per heavy atom. The highest BCUT2D eigenvalue weighted by Gasteiger charge is 2.14. The van der Waals surface area contributed by atoms with Crippen LogP contribution in [0.1, 0.15) is 24.2 Å². The van der Waals surface area contributed by atoms with Crippen LogP contribution in [0.2, 0.25) is 0 Å². The fourth-order valence-corrected chi connectivity index (χ4v) is 3.18. The molecule has 5 nitrogen and oxygen atoms in total. The SMILES string of the molecule is CC(OS(C)(=O)=O)c1ccc2cnn(Cc3ccccc3)c2c1. The van der Waals surface area contributed by atoms with Gasteiger partial charge in [-0.05, 0) is 24.1 Å². The molecule has 3 aromatic rings. The summed E-state index contributed by atoms with van der Waals surface area (Å²) < 4.78 is 29.5. The van der Waals surface area contributed by atoms with E-state index in [9.17, 15) is 8.42 Å². The highest BCUT2D eigenvalue weighted by molar-refractivity contribution is 7.86. The van der Waals surface area contributed by atoms with Crippen LogP contribution in [0.3, 0.4) is 0 Å². The Labute approximate surface area is 135 Å². The number of nitrogens with zero attached hydrogens (tertiary/aromatic N) is 2. The van der Waals surface area contributed by atoms with Crippen LogP contribution in [0, 0.1) is 0 Å². The van der Waals surface area contributed by atoms with Crippen molar-refractivity contribution in [2.24, 2.45) is 0 Å². The number of aromatic nitrogens is 2. The van der Waals surface area contributed by atoms with Crippen molar-refractivity contribution >= 4 is 21.0 Å². The van der Waals surface area contributed by atoms with Crippen molar-refractivity contribution in [1.82, 2.24) is 9.78 Å². The van der Waals surface area contributed by atoms with Crippen molar-refractivity contribution in [3.8, 4) is 0 Å². The van der Waals surface area contributed by atoms with E-state index in [1.807, 2.05) is 59.4 Å². The number of hydrogen-bond donors (Lipinski definition) is 0. The summed E-state index contributed by atoms with van der Waals surface area (Å²) in [4.78, 5) is 0. The minimum absolute atomic E-state index is 0.533. The van der Waals surface area contributed by atoms with Crippen LogP contribution in [0.4, 0.5) is 0 Å². The molecule has 23 heavy (non-hydrogen) atoms. The van der Waals surface area contributed by atoms with Crippen LogP contribution in [0.15, 0.2) is 54.7 Å². The summed E-state index contributed by atoms with van der Waals surface area (Å²) in [5.74, 6) is 0. The Kier molecular flexibility index (Phi) is 4.19. The molecule has 1 heterocycles. The van der Waals surface area contributed by atoms with Crippen LogP contribution in [-0.4, -0.2) is 24.5 Å². The summed E-state index contributed by atoms with van der Waals surface area (Å²) in [6.45, 7) is 2.38. The topological polar surface area (TPSA) is 61.2 Å². The highest BCUT2D eigenvalue weighted by Crippen LogP contribution is 2.24. The molecule has 0 aliphatic heterocycles. The summed E-state index contributed by atoms with van der Waals surface area (Å²) in [5, 5.41) is 5.43. The lowest BCUT2D eigenvalue weighted by Crippen LogP contribution is -2.08. The summed E-state index contributed by atoms with van der Waals surface area (Å²) in [7, 11) is -3.49. The number of hydrogen-bond acceptors (Lipinski definition) is 4. The summed E-state index contributed by atoms with van der Waals surface area (Å²) in [5.41, 5.74) is 2.91. The molecule has 2 aromatic carbocycles. The molecule has 1 unspecified atom stereocenters. The van der Waals surface area contributed by atoms with Crippen LogP contribution >= 0.6 is 0 Å². The fourth-order valence-electron chi connectivity index (χ4n) is 2.54. The molecule has 0 fully saturated rings. The Hall–Kier alpha value is -2.18. The van der Waals surface area contributed by atoms with Crippen LogP contribution < -0.4 is 0 Å². The third-order valence-corrected chi connectivity index (χ3v) is 4.27. The van der Waals surface area contributed by atoms with Crippen LogP contribution in [-0.2, 0) is 20.8 Å². The first kappa shape index (κ1) is 15.7. The van der Waals surface area contributed by atoms with Crippen LogP contribution in [0.5, 0.6) is 0 Å². The second kappa shape index (κ2) is 6.14. The zero-order valence-corrected chi connectivity index (χ0v) is 13.8. The van der Waals surface area contributed by atoms with E-state index >= 15 is 0 Å². The van der Waals surface area contributed by atoms with Crippen LogP contribution in [0.25, 0.3) is 10.9 Å². The molecule has 0 aliphatic rings. The van der Waals surface area contributed by atoms with Crippen molar-refractivity contribution in [3.63, 3.8) is 0 Å². The van der Waals surface area contributed by atoms with E-state index in [1.54, 1.807) is 6.92 Å². The predicted octanol–water partition coefficient (Wildman–Crippen LogP) is 3.12. The Balaban J connectivity index is 1.94. The maximum Gasteiger partial charge on any atom is 0.264 e. The lowest BCUT2D eigenvalue weighted by atomic mass is 10.1. The van der Waals surface area contributed by atoms with E-state index in [-0.39, 0.29) is 0 Å². The van der Waals surface area contributed by atoms with Gasteiger partial charge in [-0.15, -0.1) is 0 Å². The van der Waals surface area contributed by atoms with Gasteiger partial charge in [0, 0.05) is 5.39 Å². The molecule has 0 N–H and O–H groups in total. The molecule has 1 aromatic heterocycles. The first-order valence-electron chi connectivity index (χ1n) is 7.30. The predicted molar refractivity (Wildman–Crippen MR) is 89.6 cm³/mol. The van der Waals surface area contributed by atoms with Gasteiger partial charge in [0.1, 0.15) is 0 Å². The van der Waals surface area contributed by atoms with Gasteiger partial charge < -0.3 is 0 Å². The molecule has 0 amide bonds. The average Bonchev–Trinajstić information content (AvgIpc) is 2.89. The van der Waals surface area contributed by atoms with E-state index < -0.39 is 16.2 Å². The fraction of sp³-hybridized carbons (Fsp3) is 0.235. The molecule has 0 bridgehead atoms. The summed E-state index contributed by atoms with van der Waals surface area (Å²) in [6.07, 6.45) is 2.33. The standard InChI is InChI=1S/C17H18N2O3S/c1-13(22-23(2,20)21)15-8-9-16-11-18-19(17(16)10-15)12-14-6-4-3-5-7-14/h3-11,13H,12H2,1-2H3. The molecular weight excluding hydrogens is 312 g/mol. The number of rotatable bonds is 5. The summed E-state index contributed by atoms with van der Waals surface area (Å²) in [6, 6.07) is 15.8. The highest BCUT2D eigenvalue weighted by atomic mass is 32.2. The molecule has 0 radical (unpaired) electrons. The van der Waals surface area contributed by atoms with Crippen molar-refractivity contribution in [2.75, 3.05) is 6.26 Å². The lowest BCUT2D eigenvalue weighted by molar-refractivity contribution is 0.237. The third-order valence-electron chi connectivity index (χ3n) is 3.63. The van der Waals surface area contributed by atoms with Gasteiger partial charge in [0.15, 0.2) is 0 Å². The lowest BCUT2D eigenvalue weighted by Gasteiger charge is -2.12. The molecule has 0 spiro atoms. The van der Waals surface area contributed by atoms with Gasteiger partial charge >= 0.3 is 0 Å². The second-order valence-electron chi connectivity index (χ2n) is 5.55. The van der Waals surface area contributed by atoms with Crippen molar-refractivity contribution < 1.29 is 12.6 Å². The maximum atomic E-state index is 11.3. The van der Waals surface area contributed by atoms with Crippen molar-refractivity contribution in [2.45, 2.75) is 19.6 Å². The first-order valence-corrected chi connectivity index (χ1v) is 9.12. The maximum absolute atomic E-state index is 11.3. The van der Waals surface area contributed by atoms with Gasteiger partial charge in [-0.3, -0.25) is 8.86 Å². The van der Waals surface area contributed by atoms with E-state index in [1.165, 1.54) is 0 Å². The second-order valence-corrected chi connectivity index (χ2v) is 7.15. The average molecular weight is 330 g/mol. The quantitative estimate of drug-likeness (QED) is 0.674.